The third kappa shape index (κ3) is 4.41. The molecular formula is C30H30ClF2N5O2. The first-order chi connectivity index (χ1) is 18.9. The minimum Gasteiger partial charge on any atom is -0.382 e. The zero-order valence-corrected chi connectivity index (χ0v) is 23.0. The van der Waals surface area contributed by atoms with Gasteiger partial charge in [0.15, 0.2) is 0 Å². The number of fused-ring (bicyclic) bond motifs is 2. The Morgan fingerprint density at radius 2 is 1.77 bits per heavy atom. The molecule has 2 fully saturated rings. The van der Waals surface area contributed by atoms with Gasteiger partial charge in [0, 0.05) is 43.0 Å². The maximum atomic E-state index is 13.9. The average molecular weight is 566 g/mol. The fraction of sp³-hybridized carbons (Fsp3) is 0.367. The van der Waals surface area contributed by atoms with E-state index < -0.39 is 11.5 Å². The van der Waals surface area contributed by atoms with Gasteiger partial charge in [0.1, 0.15) is 33.6 Å². The van der Waals surface area contributed by atoms with E-state index in [4.69, 9.17) is 22.3 Å². The highest BCUT2D eigenvalue weighted by molar-refractivity contribution is 6.30. The first kappa shape index (κ1) is 26.7. The van der Waals surface area contributed by atoms with E-state index in [1.54, 1.807) is 25.1 Å². The number of amides is 1. The summed E-state index contributed by atoms with van der Waals surface area (Å²) < 4.78 is 29.7. The van der Waals surface area contributed by atoms with E-state index in [1.165, 1.54) is 24.4 Å². The minimum atomic E-state index is -3.02. The van der Waals surface area contributed by atoms with Crippen molar-refractivity contribution < 1.29 is 18.7 Å². The van der Waals surface area contributed by atoms with Gasteiger partial charge in [-0.3, -0.25) is 9.20 Å². The van der Waals surface area contributed by atoms with Crippen LogP contribution < -0.4 is 5.73 Å². The number of alkyl halides is 2. The zero-order chi connectivity index (χ0) is 28.4. The zero-order valence-electron chi connectivity index (χ0n) is 22.2. The lowest BCUT2D eigenvalue weighted by Crippen LogP contribution is -2.41. The molecular weight excluding hydrogens is 536 g/mol. The van der Waals surface area contributed by atoms with Crippen LogP contribution >= 0.6 is 11.6 Å². The highest BCUT2D eigenvalue weighted by atomic mass is 35.5. The van der Waals surface area contributed by atoms with Crippen LogP contribution in [0.5, 0.6) is 0 Å². The number of carbonyl (C=O) groups is 1. The number of benzene rings is 2. The fourth-order valence-corrected chi connectivity index (χ4v) is 6.32. The first-order valence-electron chi connectivity index (χ1n) is 13.4. The molecule has 0 bridgehead atoms. The van der Waals surface area contributed by atoms with E-state index >= 15 is 0 Å². The van der Waals surface area contributed by atoms with Gasteiger partial charge in [-0.05, 0) is 43.4 Å². The van der Waals surface area contributed by atoms with Crippen LogP contribution in [0.4, 0.5) is 14.6 Å². The highest BCUT2D eigenvalue weighted by Gasteiger charge is 2.39. The predicted octanol–water partition coefficient (Wildman–Crippen LogP) is 5.87. The second-order valence-electron chi connectivity index (χ2n) is 11.1. The van der Waals surface area contributed by atoms with Gasteiger partial charge < -0.3 is 15.7 Å². The summed E-state index contributed by atoms with van der Waals surface area (Å²) in [7, 11) is 0. The maximum Gasteiger partial charge on any atom is 0.270 e. The Labute approximate surface area is 235 Å². The number of nitrogens with zero attached hydrogens (tertiary/aromatic N) is 4. The molecule has 1 amide bonds. The van der Waals surface area contributed by atoms with E-state index in [-0.39, 0.29) is 23.2 Å². The molecule has 208 valence electrons. The number of carbonyl (C=O) groups excluding carboxylic acids is 1. The monoisotopic (exact) mass is 565 g/mol. The number of nitrogen functional groups attached to an aromatic ring is 1. The van der Waals surface area contributed by atoms with Crippen molar-refractivity contribution in [3.05, 3.63) is 82.4 Å². The number of anilines is 1. The minimum absolute atomic E-state index is 0.0113. The average Bonchev–Trinajstić information content (AvgIpc) is 3.52. The van der Waals surface area contributed by atoms with Gasteiger partial charge >= 0.3 is 0 Å². The summed E-state index contributed by atoms with van der Waals surface area (Å²) in [4.78, 5) is 23.7. The molecule has 0 aliphatic carbocycles. The molecule has 1 unspecified atom stereocenters. The predicted molar refractivity (Wildman–Crippen MR) is 149 cm³/mol. The Bertz CT molecular complexity index is 1610. The summed E-state index contributed by atoms with van der Waals surface area (Å²) in [6.07, 6.45) is 4.78. The van der Waals surface area contributed by atoms with Gasteiger partial charge in [-0.1, -0.05) is 54.1 Å². The number of hydrogen-bond acceptors (Lipinski definition) is 5. The topological polar surface area (TPSA) is 96.8 Å². The van der Waals surface area contributed by atoms with Crippen LogP contribution in [0.15, 0.2) is 54.7 Å². The van der Waals surface area contributed by atoms with Crippen molar-refractivity contribution in [2.75, 3.05) is 12.3 Å². The van der Waals surface area contributed by atoms with Crippen LogP contribution in [0, 0.1) is 0 Å². The molecule has 3 N–H and O–H groups in total. The third-order valence-corrected chi connectivity index (χ3v) is 8.67. The van der Waals surface area contributed by atoms with Crippen molar-refractivity contribution in [1.29, 1.82) is 0 Å². The molecule has 6 rings (SSSR count). The second kappa shape index (κ2) is 9.52. The lowest BCUT2D eigenvalue weighted by atomic mass is 9.86. The van der Waals surface area contributed by atoms with Crippen LogP contribution in [0.3, 0.4) is 0 Å². The van der Waals surface area contributed by atoms with E-state index in [1.807, 2.05) is 21.4 Å². The van der Waals surface area contributed by atoms with E-state index in [2.05, 4.69) is 4.98 Å². The Balaban J connectivity index is 1.39. The van der Waals surface area contributed by atoms with Crippen LogP contribution in [0.25, 0.3) is 16.8 Å². The lowest BCUT2D eigenvalue weighted by molar-refractivity contribution is -0.130. The molecule has 2 aromatic heterocycles. The molecule has 2 aromatic carbocycles. The Kier molecular flexibility index (Phi) is 6.34. The van der Waals surface area contributed by atoms with Gasteiger partial charge in [0.05, 0.1) is 6.20 Å². The quantitative estimate of drug-likeness (QED) is 0.315. The smallest absolute Gasteiger partial charge is 0.270 e. The van der Waals surface area contributed by atoms with Gasteiger partial charge in [0.25, 0.3) is 5.92 Å². The highest BCUT2D eigenvalue weighted by Crippen LogP contribution is 2.40. The number of rotatable bonds is 5. The normalized spacial score (nSPS) is 21.1. The molecule has 2 saturated heterocycles. The SMILES string of the molecule is CC(F)(F)c1cccc(C(C)(O)c2ccc(-c3nc([C@@H]4CC[C@H]5CCC(=O)N5C4)n4c(Cl)cnc(N)c34)cc2)c1. The summed E-state index contributed by atoms with van der Waals surface area (Å²) in [5, 5.41) is 11.8. The Morgan fingerprint density at radius 3 is 2.50 bits per heavy atom. The number of imidazole rings is 1. The molecule has 4 heterocycles. The van der Waals surface area contributed by atoms with Gasteiger partial charge in [-0.15, -0.1) is 0 Å². The Hall–Kier alpha value is -3.56. The maximum absolute atomic E-state index is 13.9. The van der Waals surface area contributed by atoms with Crippen LogP contribution in [0.2, 0.25) is 5.15 Å². The van der Waals surface area contributed by atoms with Crippen LogP contribution in [-0.4, -0.2) is 42.9 Å². The summed E-state index contributed by atoms with van der Waals surface area (Å²) in [6, 6.07) is 13.3. The fourth-order valence-electron chi connectivity index (χ4n) is 6.10. The molecule has 2 aliphatic heterocycles. The van der Waals surface area contributed by atoms with Crippen molar-refractivity contribution in [3.63, 3.8) is 0 Å². The lowest BCUT2D eigenvalue weighted by Gasteiger charge is -2.34. The van der Waals surface area contributed by atoms with Crippen molar-refractivity contribution in [3.8, 4) is 11.3 Å². The third-order valence-electron chi connectivity index (χ3n) is 8.40. The Morgan fingerprint density at radius 1 is 1.05 bits per heavy atom. The number of aliphatic hydroxyl groups is 1. The summed E-state index contributed by atoms with van der Waals surface area (Å²) in [5.74, 6) is -1.85. The van der Waals surface area contributed by atoms with E-state index in [9.17, 15) is 18.7 Å². The molecule has 0 saturated carbocycles. The van der Waals surface area contributed by atoms with Gasteiger partial charge in [0.2, 0.25) is 5.91 Å². The second-order valence-corrected chi connectivity index (χ2v) is 11.5. The number of hydrogen-bond donors (Lipinski definition) is 2. The van der Waals surface area contributed by atoms with Gasteiger partial charge in [-0.2, -0.15) is 0 Å². The molecule has 40 heavy (non-hydrogen) atoms. The van der Waals surface area contributed by atoms with Crippen LogP contribution in [0.1, 0.15) is 68.0 Å². The summed E-state index contributed by atoms with van der Waals surface area (Å²) in [5.41, 5.74) is 7.47. The van der Waals surface area contributed by atoms with Crippen molar-refractivity contribution >= 4 is 28.8 Å². The number of piperidine rings is 1. The number of halogens is 3. The van der Waals surface area contributed by atoms with Crippen molar-refractivity contribution in [1.82, 2.24) is 19.3 Å². The molecule has 2 aliphatic rings. The number of nitrogens with two attached hydrogens (primary N) is 1. The standard InChI is InChI=1S/C30H30ClF2N5O2/c1-29(40,20-4-3-5-21(14-20)30(2,32)33)19-9-6-17(7-10-19)25-26-27(34)35-15-23(31)38(26)28(36-25)18-8-11-22-12-13-24(39)37(22)16-18/h3-7,9-10,14-15,18,22,40H,8,11-13,16H2,1-2H3,(H2,34,35)/t18-,22+,29?/m1/s1. The molecule has 0 spiro atoms. The van der Waals surface area contributed by atoms with Crippen LogP contribution in [-0.2, 0) is 16.3 Å². The van der Waals surface area contributed by atoms with Crippen molar-refractivity contribution in [2.24, 2.45) is 0 Å². The van der Waals surface area contributed by atoms with Gasteiger partial charge in [-0.25, -0.2) is 18.7 Å². The molecule has 7 nitrogen and oxygen atoms in total. The molecule has 10 heteroatoms. The largest absolute Gasteiger partial charge is 0.382 e. The van der Waals surface area contributed by atoms with E-state index in [0.717, 1.165) is 37.6 Å². The summed E-state index contributed by atoms with van der Waals surface area (Å²) >= 11 is 6.63. The molecule has 0 radical (unpaired) electrons. The first-order valence-corrected chi connectivity index (χ1v) is 13.8. The summed E-state index contributed by atoms with van der Waals surface area (Å²) in [6.45, 7) is 3.00. The van der Waals surface area contributed by atoms with E-state index in [0.29, 0.717) is 46.5 Å². The number of aromatic nitrogens is 3. The molecule has 4 aromatic rings. The van der Waals surface area contributed by atoms with Crippen molar-refractivity contribution in [2.45, 2.75) is 63.0 Å². The molecule has 3 atom stereocenters.